The fraction of sp³-hybridized carbons (Fsp3) is 0.550. The Kier molecular flexibility index (Phi) is 4.53. The number of urea groups is 1. The molecule has 3 heterocycles. The van der Waals surface area contributed by atoms with Crippen LogP contribution in [0.1, 0.15) is 44.6 Å². The molecule has 1 aromatic carbocycles. The number of carbonyl (C=O) groups is 3. The van der Waals surface area contributed by atoms with Gasteiger partial charge in [0.1, 0.15) is 12.3 Å². The number of para-hydroxylation sites is 1. The third-order valence-electron chi connectivity index (χ3n) is 5.97. The highest BCUT2D eigenvalue weighted by molar-refractivity contribution is 6.09. The van der Waals surface area contributed by atoms with Gasteiger partial charge in [0.2, 0.25) is 5.91 Å². The maximum atomic E-state index is 13.2. The Morgan fingerprint density at radius 1 is 1.30 bits per heavy atom. The van der Waals surface area contributed by atoms with Crippen molar-refractivity contribution in [1.82, 2.24) is 15.1 Å². The van der Waals surface area contributed by atoms with Crippen LogP contribution >= 0.6 is 0 Å². The van der Waals surface area contributed by atoms with E-state index < -0.39 is 11.6 Å². The minimum Gasteiger partial charge on any atom is -0.493 e. The first kappa shape index (κ1) is 17.8. The topological polar surface area (TPSA) is 79.0 Å². The van der Waals surface area contributed by atoms with E-state index in [-0.39, 0.29) is 24.4 Å². The highest BCUT2D eigenvalue weighted by atomic mass is 16.5. The van der Waals surface area contributed by atoms with Crippen LogP contribution in [0.4, 0.5) is 4.79 Å². The summed E-state index contributed by atoms with van der Waals surface area (Å²) in [7, 11) is 0. The summed E-state index contributed by atoms with van der Waals surface area (Å²) in [5.41, 5.74) is -0.466. The number of hydrogen-bond donors (Lipinski definition) is 1. The van der Waals surface area contributed by atoms with E-state index in [1.165, 1.54) is 0 Å². The summed E-state index contributed by atoms with van der Waals surface area (Å²) in [6.07, 6.45) is 4.32. The molecule has 3 aliphatic rings. The molecule has 4 amide bonds. The van der Waals surface area contributed by atoms with Gasteiger partial charge in [-0.1, -0.05) is 25.1 Å². The normalized spacial score (nSPS) is 27.4. The number of nitrogens with one attached hydrogen (secondary N) is 1. The zero-order chi connectivity index (χ0) is 19.0. The van der Waals surface area contributed by atoms with E-state index in [9.17, 15) is 14.4 Å². The summed E-state index contributed by atoms with van der Waals surface area (Å²) < 4.78 is 5.64. The number of piperidine rings is 1. The second kappa shape index (κ2) is 6.87. The van der Waals surface area contributed by atoms with Gasteiger partial charge in [-0.15, -0.1) is 0 Å². The number of imide groups is 1. The van der Waals surface area contributed by atoms with Gasteiger partial charge in [-0.3, -0.25) is 14.5 Å². The maximum Gasteiger partial charge on any atom is 0.325 e. The molecular weight excluding hydrogens is 346 g/mol. The van der Waals surface area contributed by atoms with Gasteiger partial charge in [0, 0.05) is 24.6 Å². The number of amides is 4. The summed E-state index contributed by atoms with van der Waals surface area (Å²) in [5.74, 6) is 0.0942. The molecule has 7 nitrogen and oxygen atoms in total. The van der Waals surface area contributed by atoms with E-state index in [0.717, 1.165) is 30.6 Å². The first-order valence-electron chi connectivity index (χ1n) is 9.72. The third kappa shape index (κ3) is 2.85. The second-order valence-corrected chi connectivity index (χ2v) is 7.47. The van der Waals surface area contributed by atoms with Crippen LogP contribution in [0.15, 0.2) is 24.3 Å². The molecule has 1 aromatic rings. The summed E-state index contributed by atoms with van der Waals surface area (Å²) in [4.78, 5) is 41.6. The van der Waals surface area contributed by atoms with Gasteiger partial charge in [-0.05, 0) is 31.7 Å². The predicted molar refractivity (Wildman–Crippen MR) is 98.1 cm³/mol. The number of fused-ring (bicyclic) bond motifs is 2. The van der Waals surface area contributed by atoms with Crippen molar-refractivity contribution >= 4 is 17.8 Å². The Morgan fingerprint density at radius 2 is 2.11 bits per heavy atom. The number of benzene rings is 1. The Labute approximate surface area is 158 Å². The molecule has 0 aliphatic carbocycles. The summed E-state index contributed by atoms with van der Waals surface area (Å²) in [6.45, 7) is 2.90. The van der Waals surface area contributed by atoms with Crippen LogP contribution in [0.5, 0.6) is 5.75 Å². The lowest BCUT2D eigenvalue weighted by atomic mass is 9.84. The van der Waals surface area contributed by atoms with Gasteiger partial charge in [0.15, 0.2) is 5.54 Å². The van der Waals surface area contributed by atoms with Crippen molar-refractivity contribution in [1.29, 1.82) is 0 Å². The zero-order valence-electron chi connectivity index (χ0n) is 15.6. The van der Waals surface area contributed by atoms with Crippen LogP contribution in [0.25, 0.3) is 0 Å². The molecule has 3 aliphatic heterocycles. The van der Waals surface area contributed by atoms with Gasteiger partial charge in [-0.25, -0.2) is 4.79 Å². The van der Waals surface area contributed by atoms with Crippen molar-refractivity contribution in [3.8, 4) is 5.75 Å². The molecule has 27 heavy (non-hydrogen) atoms. The largest absolute Gasteiger partial charge is 0.493 e. The van der Waals surface area contributed by atoms with E-state index in [1.54, 1.807) is 12.1 Å². The van der Waals surface area contributed by atoms with Crippen molar-refractivity contribution in [2.75, 3.05) is 19.7 Å². The fourth-order valence-electron chi connectivity index (χ4n) is 4.49. The number of carbonyl (C=O) groups excluding carboxylic acids is 3. The van der Waals surface area contributed by atoms with E-state index in [0.29, 0.717) is 30.9 Å². The van der Waals surface area contributed by atoms with Crippen LogP contribution in [0.3, 0.4) is 0 Å². The Morgan fingerprint density at radius 3 is 2.93 bits per heavy atom. The SMILES string of the molecule is CC[C@@H]1CCCCN1C(=O)CN1C(=O)N[C@]2(CCOc3ccccc32)C1=O. The zero-order valence-corrected chi connectivity index (χ0v) is 15.6. The van der Waals surface area contributed by atoms with Gasteiger partial charge in [0.05, 0.1) is 6.61 Å². The molecule has 1 N–H and O–H groups in total. The Bertz CT molecular complexity index is 780. The Balaban J connectivity index is 1.57. The molecule has 0 aromatic heterocycles. The van der Waals surface area contributed by atoms with Crippen LogP contribution in [-0.2, 0) is 15.1 Å². The minimum atomic E-state index is -1.13. The minimum absolute atomic E-state index is 0.151. The number of hydrogen-bond acceptors (Lipinski definition) is 4. The molecule has 2 atom stereocenters. The molecule has 0 bridgehead atoms. The standard InChI is InChI=1S/C20H25N3O4/c1-2-14-7-5-6-11-22(14)17(24)13-23-18(25)20(21-19(23)26)10-12-27-16-9-4-3-8-15(16)20/h3-4,8-9,14H,2,5-7,10-13H2,1H3,(H,21,26)/t14-,20+/m1/s1. The van der Waals surface area contributed by atoms with Crippen molar-refractivity contribution in [2.45, 2.75) is 50.6 Å². The van der Waals surface area contributed by atoms with Crippen LogP contribution in [0, 0.1) is 0 Å². The van der Waals surface area contributed by atoms with Gasteiger partial charge in [0.25, 0.3) is 5.91 Å². The molecule has 2 fully saturated rings. The maximum absolute atomic E-state index is 13.2. The monoisotopic (exact) mass is 371 g/mol. The number of likely N-dealkylation sites (tertiary alicyclic amines) is 1. The number of nitrogens with zero attached hydrogens (tertiary/aromatic N) is 2. The first-order chi connectivity index (χ1) is 13.1. The van der Waals surface area contributed by atoms with Crippen molar-refractivity contribution < 1.29 is 19.1 Å². The third-order valence-corrected chi connectivity index (χ3v) is 5.97. The quantitative estimate of drug-likeness (QED) is 0.825. The van der Waals surface area contributed by atoms with Crippen molar-refractivity contribution in [2.24, 2.45) is 0 Å². The summed E-state index contributed by atoms with van der Waals surface area (Å²) >= 11 is 0. The predicted octanol–water partition coefficient (Wildman–Crippen LogP) is 2.01. The summed E-state index contributed by atoms with van der Waals surface area (Å²) in [5, 5.41) is 2.85. The molecule has 4 rings (SSSR count). The smallest absolute Gasteiger partial charge is 0.325 e. The number of ether oxygens (including phenoxy) is 1. The van der Waals surface area contributed by atoms with E-state index in [4.69, 9.17) is 4.74 Å². The lowest BCUT2D eigenvalue weighted by Gasteiger charge is -2.36. The Hall–Kier alpha value is -2.57. The average Bonchev–Trinajstić information content (AvgIpc) is 2.93. The lowest BCUT2D eigenvalue weighted by molar-refractivity contribution is -0.141. The fourth-order valence-corrected chi connectivity index (χ4v) is 4.49. The molecule has 7 heteroatoms. The molecule has 2 saturated heterocycles. The van der Waals surface area contributed by atoms with E-state index >= 15 is 0 Å². The van der Waals surface area contributed by atoms with Crippen molar-refractivity contribution in [3.63, 3.8) is 0 Å². The molecule has 0 saturated carbocycles. The molecule has 0 radical (unpaired) electrons. The van der Waals surface area contributed by atoms with Crippen molar-refractivity contribution in [3.05, 3.63) is 29.8 Å². The molecule has 1 spiro atoms. The highest BCUT2D eigenvalue weighted by Crippen LogP contribution is 2.41. The molecule has 144 valence electrons. The molecule has 0 unspecified atom stereocenters. The van der Waals surface area contributed by atoms with Crippen LogP contribution in [-0.4, -0.2) is 53.4 Å². The van der Waals surface area contributed by atoms with Gasteiger partial charge in [-0.2, -0.15) is 0 Å². The molecular formula is C20H25N3O4. The van der Waals surface area contributed by atoms with Gasteiger partial charge < -0.3 is 15.0 Å². The van der Waals surface area contributed by atoms with Crippen LogP contribution < -0.4 is 10.1 Å². The highest BCUT2D eigenvalue weighted by Gasteiger charge is 2.55. The first-order valence-corrected chi connectivity index (χ1v) is 9.72. The lowest BCUT2D eigenvalue weighted by Crippen LogP contribution is -2.50. The number of rotatable bonds is 3. The van der Waals surface area contributed by atoms with E-state index in [2.05, 4.69) is 12.2 Å². The average molecular weight is 371 g/mol. The van der Waals surface area contributed by atoms with Gasteiger partial charge >= 0.3 is 6.03 Å². The second-order valence-electron chi connectivity index (χ2n) is 7.47. The summed E-state index contributed by atoms with van der Waals surface area (Å²) in [6, 6.07) is 6.95. The van der Waals surface area contributed by atoms with Crippen LogP contribution in [0.2, 0.25) is 0 Å². The van der Waals surface area contributed by atoms with E-state index in [1.807, 2.05) is 17.0 Å².